The Morgan fingerprint density at radius 1 is 1.37 bits per heavy atom. The minimum Gasteiger partial charge on any atom is -0.481 e. The summed E-state index contributed by atoms with van der Waals surface area (Å²) in [5.74, 6) is 2.57. The summed E-state index contributed by atoms with van der Waals surface area (Å²) in [7, 11) is 1.62. The maximum atomic E-state index is 5.55. The molecule has 0 bridgehead atoms. The van der Waals surface area contributed by atoms with Crippen LogP contribution in [0.1, 0.15) is 35.6 Å². The molecule has 0 aliphatic rings. The molecule has 0 saturated carbocycles. The molecule has 0 spiro atoms. The number of furan rings is 1. The molecule has 2 heterocycles. The van der Waals surface area contributed by atoms with Gasteiger partial charge in [-0.1, -0.05) is 0 Å². The van der Waals surface area contributed by atoms with E-state index in [0.29, 0.717) is 5.88 Å². The second kappa shape index (κ2) is 5.89. The van der Waals surface area contributed by atoms with Gasteiger partial charge in [0.25, 0.3) is 0 Å². The molecule has 4 nitrogen and oxygen atoms in total. The monoisotopic (exact) mass is 260 g/mol. The first-order chi connectivity index (χ1) is 9.10. The summed E-state index contributed by atoms with van der Waals surface area (Å²) in [6.07, 6.45) is 1.76. The van der Waals surface area contributed by atoms with Crippen molar-refractivity contribution in [3.05, 3.63) is 47.0 Å². The van der Waals surface area contributed by atoms with Crippen molar-refractivity contribution in [2.75, 3.05) is 7.11 Å². The number of rotatable bonds is 5. The Balaban J connectivity index is 2.00. The first-order valence-corrected chi connectivity index (χ1v) is 6.39. The Morgan fingerprint density at radius 2 is 2.16 bits per heavy atom. The van der Waals surface area contributed by atoms with Crippen LogP contribution >= 0.6 is 0 Å². The molecule has 1 unspecified atom stereocenters. The quantitative estimate of drug-likeness (QED) is 0.897. The van der Waals surface area contributed by atoms with E-state index in [1.165, 1.54) is 5.56 Å². The van der Waals surface area contributed by atoms with Gasteiger partial charge in [0.2, 0.25) is 5.88 Å². The van der Waals surface area contributed by atoms with E-state index in [4.69, 9.17) is 9.15 Å². The smallest absolute Gasteiger partial charge is 0.213 e. The van der Waals surface area contributed by atoms with Crippen LogP contribution in [-0.4, -0.2) is 12.1 Å². The minimum absolute atomic E-state index is 0.247. The second-order valence-corrected chi connectivity index (χ2v) is 4.68. The van der Waals surface area contributed by atoms with Gasteiger partial charge in [0.1, 0.15) is 11.5 Å². The van der Waals surface area contributed by atoms with E-state index in [0.717, 1.165) is 23.6 Å². The van der Waals surface area contributed by atoms with Gasteiger partial charge in [-0.2, -0.15) is 0 Å². The lowest BCUT2D eigenvalue weighted by atomic mass is 10.1. The number of methoxy groups -OCH3 is 1. The van der Waals surface area contributed by atoms with Gasteiger partial charge in [0.05, 0.1) is 7.11 Å². The Bertz CT molecular complexity index is 549. The van der Waals surface area contributed by atoms with E-state index in [-0.39, 0.29) is 6.04 Å². The van der Waals surface area contributed by atoms with Crippen molar-refractivity contribution in [1.82, 2.24) is 10.3 Å². The third-order valence-electron chi connectivity index (χ3n) is 3.17. The van der Waals surface area contributed by atoms with Crippen molar-refractivity contribution in [2.24, 2.45) is 0 Å². The molecule has 0 saturated heterocycles. The maximum absolute atomic E-state index is 5.55. The summed E-state index contributed by atoms with van der Waals surface area (Å²) in [5, 5.41) is 3.48. The minimum atomic E-state index is 0.247. The molecule has 2 rings (SSSR count). The average molecular weight is 260 g/mol. The van der Waals surface area contributed by atoms with Gasteiger partial charge in [-0.05, 0) is 38.5 Å². The summed E-state index contributed by atoms with van der Waals surface area (Å²) in [4.78, 5) is 4.10. The molecule has 0 fully saturated rings. The van der Waals surface area contributed by atoms with Gasteiger partial charge in [0.15, 0.2) is 0 Å². The summed E-state index contributed by atoms with van der Waals surface area (Å²) in [5.41, 5.74) is 2.36. The van der Waals surface area contributed by atoms with Gasteiger partial charge < -0.3 is 14.5 Å². The van der Waals surface area contributed by atoms with Gasteiger partial charge in [-0.15, -0.1) is 0 Å². The molecule has 0 aromatic carbocycles. The summed E-state index contributed by atoms with van der Waals surface area (Å²) >= 11 is 0. The molecule has 0 aliphatic heterocycles. The van der Waals surface area contributed by atoms with Crippen LogP contribution in [0.15, 0.2) is 28.8 Å². The number of pyridine rings is 1. The highest BCUT2D eigenvalue weighted by molar-refractivity contribution is 5.24. The molecule has 0 aliphatic carbocycles. The summed E-state index contributed by atoms with van der Waals surface area (Å²) < 4.78 is 10.7. The number of hydrogen-bond acceptors (Lipinski definition) is 4. The van der Waals surface area contributed by atoms with E-state index < -0.39 is 0 Å². The van der Waals surface area contributed by atoms with Crippen LogP contribution in [-0.2, 0) is 6.54 Å². The zero-order chi connectivity index (χ0) is 13.8. The predicted octanol–water partition coefficient (Wildman–Crippen LogP) is 3.15. The fourth-order valence-electron chi connectivity index (χ4n) is 2.13. The zero-order valence-electron chi connectivity index (χ0n) is 11.9. The number of nitrogens with zero attached hydrogens (tertiary/aromatic N) is 1. The van der Waals surface area contributed by atoms with E-state index in [1.807, 2.05) is 26.0 Å². The molecule has 2 aromatic rings. The SMILES string of the molecule is COc1cc(CNC(C)c2cc(C)oc2C)ccn1. The molecule has 0 radical (unpaired) electrons. The Morgan fingerprint density at radius 3 is 2.79 bits per heavy atom. The third-order valence-corrected chi connectivity index (χ3v) is 3.17. The van der Waals surface area contributed by atoms with Crippen molar-refractivity contribution in [1.29, 1.82) is 0 Å². The predicted molar refractivity (Wildman–Crippen MR) is 74.2 cm³/mol. The van der Waals surface area contributed by atoms with Crippen molar-refractivity contribution >= 4 is 0 Å². The molecule has 2 aromatic heterocycles. The Labute approximate surface area is 113 Å². The van der Waals surface area contributed by atoms with Crippen LogP contribution < -0.4 is 10.1 Å². The fraction of sp³-hybridized carbons (Fsp3) is 0.400. The summed E-state index contributed by atoms with van der Waals surface area (Å²) in [6.45, 7) is 6.87. The standard InChI is InChI=1S/C15H20N2O2/c1-10-7-14(12(3)19-10)11(2)17-9-13-5-6-16-15(8-13)18-4/h5-8,11,17H,9H2,1-4H3. The molecular weight excluding hydrogens is 240 g/mol. The van der Waals surface area contributed by atoms with Gasteiger partial charge in [0, 0.05) is 30.4 Å². The highest BCUT2D eigenvalue weighted by Gasteiger charge is 2.12. The van der Waals surface area contributed by atoms with Crippen molar-refractivity contribution in [3.8, 4) is 5.88 Å². The van der Waals surface area contributed by atoms with Gasteiger partial charge >= 0.3 is 0 Å². The van der Waals surface area contributed by atoms with Gasteiger partial charge in [-0.3, -0.25) is 0 Å². The van der Waals surface area contributed by atoms with Crippen LogP contribution in [0.3, 0.4) is 0 Å². The Hall–Kier alpha value is -1.81. The maximum Gasteiger partial charge on any atom is 0.213 e. The lowest BCUT2D eigenvalue weighted by molar-refractivity contribution is 0.397. The average Bonchev–Trinajstić information content (AvgIpc) is 2.75. The highest BCUT2D eigenvalue weighted by atomic mass is 16.5. The first kappa shape index (κ1) is 13.6. The Kier molecular flexibility index (Phi) is 4.22. The number of aryl methyl sites for hydroxylation is 2. The van der Waals surface area contributed by atoms with Crippen LogP contribution in [0.5, 0.6) is 5.88 Å². The molecular formula is C15H20N2O2. The van der Waals surface area contributed by atoms with Crippen LogP contribution in [0.4, 0.5) is 0 Å². The van der Waals surface area contributed by atoms with E-state index in [1.54, 1.807) is 13.3 Å². The fourth-order valence-corrected chi connectivity index (χ4v) is 2.13. The lowest BCUT2D eigenvalue weighted by Gasteiger charge is -2.13. The number of nitrogens with one attached hydrogen (secondary N) is 1. The van der Waals surface area contributed by atoms with E-state index >= 15 is 0 Å². The normalized spacial score (nSPS) is 12.4. The van der Waals surface area contributed by atoms with E-state index in [2.05, 4.69) is 23.3 Å². The van der Waals surface area contributed by atoms with Gasteiger partial charge in [-0.25, -0.2) is 4.98 Å². The first-order valence-electron chi connectivity index (χ1n) is 6.39. The topological polar surface area (TPSA) is 47.3 Å². The summed E-state index contributed by atoms with van der Waals surface area (Å²) in [6, 6.07) is 6.25. The molecule has 4 heteroatoms. The second-order valence-electron chi connectivity index (χ2n) is 4.68. The van der Waals surface area contributed by atoms with Crippen LogP contribution in [0.25, 0.3) is 0 Å². The van der Waals surface area contributed by atoms with E-state index in [9.17, 15) is 0 Å². The number of ether oxygens (including phenoxy) is 1. The molecule has 1 atom stereocenters. The van der Waals surface area contributed by atoms with Crippen molar-refractivity contribution in [2.45, 2.75) is 33.4 Å². The largest absolute Gasteiger partial charge is 0.481 e. The van der Waals surface area contributed by atoms with Crippen LogP contribution in [0.2, 0.25) is 0 Å². The third kappa shape index (κ3) is 3.35. The zero-order valence-corrected chi connectivity index (χ0v) is 11.9. The van der Waals surface area contributed by atoms with Crippen molar-refractivity contribution in [3.63, 3.8) is 0 Å². The molecule has 0 amide bonds. The number of aromatic nitrogens is 1. The highest BCUT2D eigenvalue weighted by Crippen LogP contribution is 2.21. The molecule has 102 valence electrons. The molecule has 19 heavy (non-hydrogen) atoms. The molecule has 1 N–H and O–H groups in total. The lowest BCUT2D eigenvalue weighted by Crippen LogP contribution is -2.18. The number of hydrogen-bond donors (Lipinski definition) is 1. The van der Waals surface area contributed by atoms with Crippen molar-refractivity contribution < 1.29 is 9.15 Å². The van der Waals surface area contributed by atoms with Crippen LogP contribution in [0, 0.1) is 13.8 Å².